The maximum absolute atomic E-state index is 13.9. The number of rotatable bonds is 4. The van der Waals surface area contributed by atoms with Crippen LogP contribution in [0, 0.1) is 5.82 Å². The van der Waals surface area contributed by atoms with Crippen LogP contribution in [0.5, 0.6) is 5.75 Å². The number of hydrogen-bond acceptors (Lipinski definition) is 2. The monoisotopic (exact) mass is 285 g/mol. The standard InChI is InChI=1S/C15H21ClFNO/c1-18(15-6-4-3-5-13(15)16)10-11-7-8-12(19-2)9-14(11)17/h7-9,13,15H,3-6,10H2,1-2H3. The van der Waals surface area contributed by atoms with Crippen LogP contribution < -0.4 is 4.74 Å². The molecule has 0 aliphatic heterocycles. The average Bonchev–Trinajstić information content (AvgIpc) is 2.41. The maximum Gasteiger partial charge on any atom is 0.131 e. The van der Waals surface area contributed by atoms with Crippen molar-refractivity contribution in [3.63, 3.8) is 0 Å². The number of ether oxygens (including phenoxy) is 1. The van der Waals surface area contributed by atoms with E-state index in [2.05, 4.69) is 4.90 Å². The van der Waals surface area contributed by atoms with Crippen molar-refractivity contribution in [2.24, 2.45) is 0 Å². The van der Waals surface area contributed by atoms with Gasteiger partial charge in [0.1, 0.15) is 11.6 Å². The van der Waals surface area contributed by atoms with Crippen LogP contribution in [0.2, 0.25) is 0 Å². The van der Waals surface area contributed by atoms with Gasteiger partial charge in [-0.2, -0.15) is 0 Å². The van der Waals surface area contributed by atoms with Gasteiger partial charge < -0.3 is 4.74 Å². The molecular weight excluding hydrogens is 265 g/mol. The van der Waals surface area contributed by atoms with Crippen LogP contribution in [-0.4, -0.2) is 30.5 Å². The first-order chi connectivity index (χ1) is 9.11. The molecule has 0 bridgehead atoms. The zero-order valence-electron chi connectivity index (χ0n) is 11.5. The SMILES string of the molecule is COc1ccc(CN(C)C2CCCCC2Cl)c(F)c1. The van der Waals surface area contributed by atoms with Crippen LogP contribution in [0.4, 0.5) is 4.39 Å². The Kier molecular flexibility index (Phi) is 5.06. The first-order valence-corrected chi connectivity index (χ1v) is 7.22. The molecule has 2 nitrogen and oxygen atoms in total. The Morgan fingerprint density at radius 2 is 2.11 bits per heavy atom. The minimum Gasteiger partial charge on any atom is -0.497 e. The van der Waals surface area contributed by atoms with Crippen molar-refractivity contribution in [1.82, 2.24) is 4.90 Å². The quantitative estimate of drug-likeness (QED) is 0.780. The Bertz CT molecular complexity index is 427. The van der Waals surface area contributed by atoms with E-state index < -0.39 is 0 Å². The summed E-state index contributed by atoms with van der Waals surface area (Å²) in [6.07, 6.45) is 4.57. The van der Waals surface area contributed by atoms with Gasteiger partial charge in [-0.15, -0.1) is 11.6 Å². The first kappa shape index (κ1) is 14.6. The summed E-state index contributed by atoms with van der Waals surface area (Å²) in [5, 5.41) is 0.181. The molecule has 4 heteroatoms. The molecule has 0 amide bonds. The summed E-state index contributed by atoms with van der Waals surface area (Å²) in [7, 11) is 3.57. The van der Waals surface area contributed by atoms with Crippen LogP contribution in [-0.2, 0) is 6.54 Å². The maximum atomic E-state index is 13.9. The van der Waals surface area contributed by atoms with Gasteiger partial charge in [-0.3, -0.25) is 4.90 Å². The summed E-state index contributed by atoms with van der Waals surface area (Å²) in [6, 6.07) is 5.36. The Hall–Kier alpha value is -0.800. The number of hydrogen-bond donors (Lipinski definition) is 0. The van der Waals surface area contributed by atoms with E-state index in [0.717, 1.165) is 12.8 Å². The van der Waals surface area contributed by atoms with E-state index in [9.17, 15) is 4.39 Å². The van der Waals surface area contributed by atoms with Crippen LogP contribution in [0.1, 0.15) is 31.2 Å². The molecule has 2 unspecified atom stereocenters. The van der Waals surface area contributed by atoms with Gasteiger partial charge in [0.25, 0.3) is 0 Å². The highest BCUT2D eigenvalue weighted by Crippen LogP contribution is 2.28. The summed E-state index contributed by atoms with van der Waals surface area (Å²) in [5.41, 5.74) is 0.692. The van der Waals surface area contributed by atoms with Crippen LogP contribution in [0.3, 0.4) is 0 Å². The lowest BCUT2D eigenvalue weighted by Crippen LogP contribution is -2.40. The van der Waals surface area contributed by atoms with E-state index in [0.29, 0.717) is 23.9 Å². The van der Waals surface area contributed by atoms with Gasteiger partial charge in [0, 0.05) is 29.6 Å². The van der Waals surface area contributed by atoms with Crippen molar-refractivity contribution in [1.29, 1.82) is 0 Å². The molecule has 1 aliphatic carbocycles. The van der Waals surface area contributed by atoms with Crippen molar-refractivity contribution in [3.8, 4) is 5.75 Å². The Morgan fingerprint density at radius 1 is 1.37 bits per heavy atom. The number of halogens is 2. The van der Waals surface area contributed by atoms with Gasteiger partial charge in [0.05, 0.1) is 7.11 Å². The molecule has 19 heavy (non-hydrogen) atoms. The second-order valence-electron chi connectivity index (χ2n) is 5.24. The van der Waals surface area contributed by atoms with Gasteiger partial charge in [0.2, 0.25) is 0 Å². The molecule has 0 heterocycles. The fraction of sp³-hybridized carbons (Fsp3) is 0.600. The molecule has 1 aromatic rings. The van der Waals surface area contributed by atoms with Crippen molar-refractivity contribution in [2.75, 3.05) is 14.2 Å². The molecule has 1 aliphatic rings. The van der Waals surface area contributed by atoms with Gasteiger partial charge in [-0.05, 0) is 26.0 Å². The molecular formula is C15H21ClFNO. The smallest absolute Gasteiger partial charge is 0.131 e. The van der Waals surface area contributed by atoms with Crippen LogP contribution >= 0.6 is 11.6 Å². The molecule has 0 saturated heterocycles. The molecule has 0 spiro atoms. The second-order valence-corrected chi connectivity index (χ2v) is 5.80. The highest BCUT2D eigenvalue weighted by atomic mass is 35.5. The highest BCUT2D eigenvalue weighted by Gasteiger charge is 2.26. The molecule has 2 rings (SSSR count). The molecule has 106 valence electrons. The van der Waals surface area contributed by atoms with Crippen LogP contribution in [0.15, 0.2) is 18.2 Å². The minimum atomic E-state index is -0.215. The molecule has 0 radical (unpaired) electrons. The minimum absolute atomic E-state index is 0.181. The summed E-state index contributed by atoms with van der Waals surface area (Å²) in [5.74, 6) is 0.338. The Morgan fingerprint density at radius 3 is 2.74 bits per heavy atom. The summed E-state index contributed by atoms with van der Waals surface area (Å²) < 4.78 is 18.9. The molecule has 1 saturated carbocycles. The average molecular weight is 286 g/mol. The summed E-state index contributed by atoms with van der Waals surface area (Å²) >= 11 is 6.38. The lowest BCUT2D eigenvalue weighted by atomic mass is 9.93. The number of benzene rings is 1. The number of alkyl halides is 1. The number of methoxy groups -OCH3 is 1. The van der Waals surface area contributed by atoms with E-state index in [1.165, 1.54) is 18.9 Å². The van der Waals surface area contributed by atoms with E-state index in [-0.39, 0.29) is 11.2 Å². The first-order valence-electron chi connectivity index (χ1n) is 6.78. The van der Waals surface area contributed by atoms with Gasteiger partial charge in [0.15, 0.2) is 0 Å². The third-order valence-electron chi connectivity index (χ3n) is 3.89. The van der Waals surface area contributed by atoms with E-state index >= 15 is 0 Å². The lowest BCUT2D eigenvalue weighted by molar-refractivity contribution is 0.186. The predicted molar refractivity (Wildman–Crippen MR) is 76.3 cm³/mol. The van der Waals surface area contributed by atoms with E-state index in [1.54, 1.807) is 19.2 Å². The van der Waals surface area contributed by atoms with Gasteiger partial charge in [-0.25, -0.2) is 4.39 Å². The fourth-order valence-electron chi connectivity index (χ4n) is 2.73. The van der Waals surface area contributed by atoms with Crippen molar-refractivity contribution < 1.29 is 9.13 Å². The van der Waals surface area contributed by atoms with Crippen molar-refractivity contribution in [2.45, 2.75) is 43.6 Å². The second kappa shape index (κ2) is 6.58. The molecule has 2 atom stereocenters. The third kappa shape index (κ3) is 3.61. The summed E-state index contributed by atoms with van der Waals surface area (Å²) in [6.45, 7) is 0.587. The zero-order chi connectivity index (χ0) is 13.8. The lowest BCUT2D eigenvalue weighted by Gasteiger charge is -2.35. The normalized spacial score (nSPS) is 23.6. The summed E-state index contributed by atoms with van der Waals surface area (Å²) in [4.78, 5) is 2.17. The molecule has 1 fully saturated rings. The van der Waals surface area contributed by atoms with E-state index in [4.69, 9.17) is 16.3 Å². The topological polar surface area (TPSA) is 12.5 Å². The molecule has 0 aromatic heterocycles. The zero-order valence-corrected chi connectivity index (χ0v) is 12.3. The van der Waals surface area contributed by atoms with Crippen molar-refractivity contribution >= 4 is 11.6 Å². The number of nitrogens with zero attached hydrogens (tertiary/aromatic N) is 1. The molecule has 0 N–H and O–H groups in total. The van der Waals surface area contributed by atoms with Gasteiger partial charge >= 0.3 is 0 Å². The van der Waals surface area contributed by atoms with Crippen molar-refractivity contribution in [3.05, 3.63) is 29.6 Å². The van der Waals surface area contributed by atoms with Crippen LogP contribution in [0.25, 0.3) is 0 Å². The fourth-order valence-corrected chi connectivity index (χ4v) is 3.20. The molecule has 1 aromatic carbocycles. The third-order valence-corrected chi connectivity index (χ3v) is 4.40. The predicted octanol–water partition coefficient (Wildman–Crippen LogP) is 3.82. The largest absolute Gasteiger partial charge is 0.497 e. The highest BCUT2D eigenvalue weighted by molar-refractivity contribution is 6.21. The van der Waals surface area contributed by atoms with E-state index in [1.807, 2.05) is 7.05 Å². The Balaban J connectivity index is 2.03. The Labute approximate surface area is 119 Å². The van der Waals surface area contributed by atoms with Gasteiger partial charge in [-0.1, -0.05) is 18.9 Å².